The van der Waals surface area contributed by atoms with Gasteiger partial charge in [-0.25, -0.2) is 0 Å². The summed E-state index contributed by atoms with van der Waals surface area (Å²) in [7, 11) is 2.10. The molecule has 0 bridgehead atoms. The molecule has 3 fully saturated rings. The molecule has 10 nitrogen and oxygen atoms in total. The molecule has 4 aliphatic heterocycles. The van der Waals surface area contributed by atoms with Crippen LogP contribution in [0.15, 0.2) is 30.9 Å². The third-order valence-electron chi connectivity index (χ3n) is 8.16. The average Bonchev–Trinajstić information content (AvgIpc) is 3.56. The number of carbonyl (C=O) groups is 1. The van der Waals surface area contributed by atoms with Crippen LogP contribution in [-0.2, 0) is 4.79 Å². The maximum absolute atomic E-state index is 12.0. The van der Waals surface area contributed by atoms with Gasteiger partial charge in [0.05, 0.1) is 0 Å². The van der Waals surface area contributed by atoms with Crippen LogP contribution in [0, 0.1) is 16.7 Å². The molecule has 38 heavy (non-hydrogen) atoms. The minimum absolute atomic E-state index is 0.00699. The summed E-state index contributed by atoms with van der Waals surface area (Å²) in [5.41, 5.74) is 1.54. The molecule has 6 rings (SSSR count). The molecule has 0 saturated carbocycles. The molecule has 1 aromatic carbocycles. The Hall–Kier alpha value is -3.84. The number of rotatable bonds is 6. The number of likely N-dealkylation sites (N-methyl/N-ethyl adjacent to an activating group) is 1. The third kappa shape index (κ3) is 4.31. The summed E-state index contributed by atoms with van der Waals surface area (Å²) in [5.74, 6) is 1.73. The molecule has 3 saturated heterocycles. The number of likely N-dealkylation sites (tertiary alicyclic amines) is 2. The largest absolute Gasteiger partial charge is 0.486 e. The fourth-order valence-corrected chi connectivity index (χ4v) is 6.06. The van der Waals surface area contributed by atoms with Crippen LogP contribution >= 0.6 is 0 Å². The van der Waals surface area contributed by atoms with Crippen molar-refractivity contribution in [2.24, 2.45) is 5.41 Å². The summed E-state index contributed by atoms with van der Waals surface area (Å²) < 4.78 is 18.0. The number of carbonyl (C=O) groups excluding carboxylic acids is 1. The van der Waals surface area contributed by atoms with Crippen LogP contribution < -0.4 is 19.1 Å². The SMILES string of the molecule is C=CC(=O)N1CC2(CCN(c3nc(OC[C@@H]4CCCN4C)nc(-c4cccc5c4OCCO5)c3C#N)C2)C1. The second-order valence-corrected chi connectivity index (χ2v) is 10.7. The predicted octanol–water partition coefficient (Wildman–Crippen LogP) is 2.48. The van der Waals surface area contributed by atoms with Crippen molar-refractivity contribution >= 4 is 11.7 Å². The lowest BCUT2D eigenvalue weighted by molar-refractivity contribution is -0.136. The fraction of sp³-hybridized carbons (Fsp3) is 0.500. The molecule has 1 amide bonds. The Morgan fingerprint density at radius 2 is 2.11 bits per heavy atom. The highest BCUT2D eigenvalue weighted by atomic mass is 16.6. The van der Waals surface area contributed by atoms with Gasteiger partial charge in [-0.1, -0.05) is 12.6 Å². The number of nitriles is 1. The number of ether oxygens (including phenoxy) is 3. The first-order chi connectivity index (χ1) is 18.5. The molecule has 0 unspecified atom stereocenters. The summed E-state index contributed by atoms with van der Waals surface area (Å²) in [6, 6.07) is 8.56. The number of para-hydroxylation sites is 1. The van der Waals surface area contributed by atoms with E-state index in [0.29, 0.717) is 79.6 Å². The number of nitrogens with zero attached hydrogens (tertiary/aromatic N) is 6. The average molecular weight is 517 g/mol. The monoisotopic (exact) mass is 516 g/mol. The van der Waals surface area contributed by atoms with Crippen LogP contribution in [0.2, 0.25) is 0 Å². The molecule has 10 heteroatoms. The molecule has 0 aliphatic carbocycles. The second-order valence-electron chi connectivity index (χ2n) is 10.7. The number of fused-ring (bicyclic) bond motifs is 1. The lowest BCUT2D eigenvalue weighted by Gasteiger charge is -2.47. The van der Waals surface area contributed by atoms with Crippen molar-refractivity contribution in [3.8, 4) is 34.8 Å². The lowest BCUT2D eigenvalue weighted by atomic mass is 9.79. The van der Waals surface area contributed by atoms with Gasteiger partial charge in [-0.05, 0) is 51.1 Å². The van der Waals surface area contributed by atoms with Crippen LogP contribution in [0.25, 0.3) is 11.3 Å². The smallest absolute Gasteiger partial charge is 0.319 e. The van der Waals surface area contributed by atoms with E-state index in [1.54, 1.807) is 0 Å². The quantitative estimate of drug-likeness (QED) is 0.536. The van der Waals surface area contributed by atoms with Crippen LogP contribution in [0.5, 0.6) is 17.5 Å². The Labute approximate surface area is 222 Å². The minimum atomic E-state index is -0.0419. The van der Waals surface area contributed by atoms with Gasteiger partial charge in [-0.15, -0.1) is 0 Å². The predicted molar refractivity (Wildman–Crippen MR) is 140 cm³/mol. The first-order valence-electron chi connectivity index (χ1n) is 13.2. The lowest BCUT2D eigenvalue weighted by Crippen LogP contribution is -2.59. The Bertz CT molecular complexity index is 1300. The van der Waals surface area contributed by atoms with Gasteiger partial charge in [-0.2, -0.15) is 15.2 Å². The number of anilines is 1. The second kappa shape index (κ2) is 9.80. The van der Waals surface area contributed by atoms with Gasteiger partial charge in [0.1, 0.15) is 37.1 Å². The van der Waals surface area contributed by atoms with E-state index in [0.717, 1.165) is 32.4 Å². The van der Waals surface area contributed by atoms with E-state index in [-0.39, 0.29) is 17.3 Å². The number of aromatic nitrogens is 2. The molecular formula is C28H32N6O4. The molecule has 0 radical (unpaired) electrons. The van der Waals surface area contributed by atoms with Gasteiger partial charge in [0.2, 0.25) is 5.91 Å². The minimum Gasteiger partial charge on any atom is -0.486 e. The Morgan fingerprint density at radius 1 is 1.26 bits per heavy atom. The zero-order valence-electron chi connectivity index (χ0n) is 21.7. The Kier molecular flexibility index (Phi) is 6.32. The van der Waals surface area contributed by atoms with Crippen molar-refractivity contribution in [1.29, 1.82) is 5.26 Å². The summed E-state index contributed by atoms with van der Waals surface area (Å²) in [4.78, 5) is 27.8. The topological polar surface area (TPSA) is 104 Å². The first kappa shape index (κ1) is 24.5. The number of hydrogen-bond donors (Lipinski definition) is 0. The highest BCUT2D eigenvalue weighted by Crippen LogP contribution is 2.45. The van der Waals surface area contributed by atoms with E-state index in [1.807, 2.05) is 23.1 Å². The molecule has 1 atom stereocenters. The van der Waals surface area contributed by atoms with Gasteiger partial charge >= 0.3 is 6.01 Å². The fourth-order valence-electron chi connectivity index (χ4n) is 6.06. The van der Waals surface area contributed by atoms with Crippen molar-refractivity contribution in [2.75, 3.05) is 64.5 Å². The van der Waals surface area contributed by atoms with E-state index in [1.165, 1.54) is 6.08 Å². The van der Waals surface area contributed by atoms with E-state index in [4.69, 9.17) is 24.2 Å². The maximum Gasteiger partial charge on any atom is 0.319 e. The van der Waals surface area contributed by atoms with Crippen molar-refractivity contribution in [3.05, 3.63) is 36.4 Å². The molecular weight excluding hydrogens is 484 g/mol. The molecule has 1 spiro atoms. The summed E-state index contributed by atoms with van der Waals surface area (Å²) >= 11 is 0. The van der Waals surface area contributed by atoms with Crippen LogP contribution in [0.3, 0.4) is 0 Å². The van der Waals surface area contributed by atoms with Crippen molar-refractivity contribution < 1.29 is 19.0 Å². The van der Waals surface area contributed by atoms with Crippen molar-refractivity contribution in [3.63, 3.8) is 0 Å². The van der Waals surface area contributed by atoms with Crippen molar-refractivity contribution in [1.82, 2.24) is 19.8 Å². The standard InChI is InChI=1S/C28H32N6O4/c1-3-23(35)34-17-28(18-34)9-11-33(16-28)26-21(14-29)24(20-7-4-8-22-25(20)37-13-12-36-22)30-27(31-26)38-15-19-6-5-10-32(19)2/h3-4,7-8,19H,1,5-6,9-13,15-18H2,2H3/t19-/m0/s1. The number of benzene rings is 1. The first-order valence-corrected chi connectivity index (χ1v) is 13.2. The number of amides is 1. The van der Waals surface area contributed by atoms with E-state index in [9.17, 15) is 10.1 Å². The zero-order chi connectivity index (χ0) is 26.3. The van der Waals surface area contributed by atoms with Gasteiger partial charge in [0.15, 0.2) is 17.3 Å². The maximum atomic E-state index is 12.0. The number of hydrogen-bond acceptors (Lipinski definition) is 9. The van der Waals surface area contributed by atoms with Gasteiger partial charge in [-0.3, -0.25) is 4.79 Å². The Balaban J connectivity index is 1.36. The Morgan fingerprint density at radius 3 is 2.87 bits per heavy atom. The summed E-state index contributed by atoms with van der Waals surface area (Å²) in [6.07, 6.45) is 4.49. The third-order valence-corrected chi connectivity index (χ3v) is 8.16. The molecule has 1 aromatic heterocycles. The van der Waals surface area contributed by atoms with Gasteiger partial charge < -0.3 is 28.9 Å². The van der Waals surface area contributed by atoms with Crippen LogP contribution in [-0.4, -0.2) is 91.3 Å². The summed E-state index contributed by atoms with van der Waals surface area (Å²) in [6.45, 7) is 8.84. The van der Waals surface area contributed by atoms with E-state index < -0.39 is 0 Å². The summed E-state index contributed by atoms with van der Waals surface area (Å²) in [5, 5.41) is 10.4. The van der Waals surface area contributed by atoms with Gasteiger partial charge in [0, 0.05) is 43.2 Å². The molecule has 198 valence electrons. The normalized spacial score (nSPS) is 21.7. The van der Waals surface area contributed by atoms with Crippen LogP contribution in [0.4, 0.5) is 5.82 Å². The molecule has 4 aliphatic rings. The van der Waals surface area contributed by atoms with Crippen LogP contribution in [0.1, 0.15) is 24.8 Å². The van der Waals surface area contributed by atoms with E-state index >= 15 is 0 Å². The van der Waals surface area contributed by atoms with E-state index in [2.05, 4.69) is 29.5 Å². The van der Waals surface area contributed by atoms with Crippen molar-refractivity contribution in [2.45, 2.75) is 25.3 Å². The van der Waals surface area contributed by atoms with Gasteiger partial charge in [0.25, 0.3) is 0 Å². The molecule has 5 heterocycles. The zero-order valence-corrected chi connectivity index (χ0v) is 21.7. The molecule has 0 N–H and O–H groups in total. The highest BCUT2D eigenvalue weighted by molar-refractivity contribution is 5.88. The highest BCUT2D eigenvalue weighted by Gasteiger charge is 2.49. The molecule has 2 aromatic rings.